The topological polar surface area (TPSA) is 74.6 Å². The van der Waals surface area contributed by atoms with Gasteiger partial charge < -0.3 is 10.2 Å². The molecule has 4 nitrogen and oxygen atoms in total. The maximum atomic E-state index is 11.1. The fourth-order valence-electron chi connectivity index (χ4n) is 2.16. The van der Waals surface area contributed by atoms with E-state index in [0.29, 0.717) is 24.0 Å². The molecule has 0 heterocycles. The number of hydrogen-bond acceptors (Lipinski definition) is 2. The quantitative estimate of drug-likeness (QED) is 0.876. The van der Waals surface area contributed by atoms with Crippen LogP contribution in [0.15, 0.2) is 48.5 Å². The van der Waals surface area contributed by atoms with Crippen molar-refractivity contribution in [2.24, 2.45) is 0 Å². The van der Waals surface area contributed by atoms with E-state index in [-0.39, 0.29) is 11.1 Å². The Hall–Kier alpha value is -2.62. The van der Waals surface area contributed by atoms with Gasteiger partial charge in [0.1, 0.15) is 0 Å². The minimum Gasteiger partial charge on any atom is -0.478 e. The number of benzene rings is 2. The molecule has 0 aliphatic rings. The summed E-state index contributed by atoms with van der Waals surface area (Å²) in [5.41, 5.74) is 1.95. The first kappa shape index (κ1) is 13.8. The lowest BCUT2D eigenvalue weighted by Gasteiger charge is -2.08. The Morgan fingerprint density at radius 1 is 0.700 bits per heavy atom. The summed E-state index contributed by atoms with van der Waals surface area (Å²) in [5.74, 6) is -1.93. The fraction of sp³-hybridized carbons (Fsp3) is 0.125. The molecule has 0 amide bonds. The van der Waals surface area contributed by atoms with Gasteiger partial charge in [-0.05, 0) is 36.1 Å². The molecule has 0 aliphatic heterocycles. The van der Waals surface area contributed by atoms with Gasteiger partial charge in [0.2, 0.25) is 0 Å². The third kappa shape index (κ3) is 3.03. The second-order valence-corrected chi connectivity index (χ2v) is 4.42. The van der Waals surface area contributed by atoms with E-state index in [1.165, 1.54) is 0 Å². The smallest absolute Gasteiger partial charge is 0.335 e. The van der Waals surface area contributed by atoms with Gasteiger partial charge in [-0.3, -0.25) is 0 Å². The molecule has 0 aromatic heterocycles. The van der Waals surface area contributed by atoms with Crippen LogP contribution < -0.4 is 0 Å². The highest BCUT2D eigenvalue weighted by atomic mass is 16.4. The van der Waals surface area contributed by atoms with Gasteiger partial charge in [0.05, 0.1) is 11.1 Å². The third-order valence-corrected chi connectivity index (χ3v) is 3.16. The second kappa shape index (κ2) is 6.02. The Labute approximate surface area is 116 Å². The van der Waals surface area contributed by atoms with Crippen LogP contribution in [0.3, 0.4) is 0 Å². The van der Waals surface area contributed by atoms with Gasteiger partial charge in [-0.1, -0.05) is 36.4 Å². The van der Waals surface area contributed by atoms with Crippen LogP contribution in [0.1, 0.15) is 31.8 Å². The minimum atomic E-state index is -0.966. The Morgan fingerprint density at radius 2 is 1.05 bits per heavy atom. The highest BCUT2D eigenvalue weighted by Crippen LogP contribution is 2.15. The van der Waals surface area contributed by atoms with Crippen molar-refractivity contribution in [2.75, 3.05) is 0 Å². The van der Waals surface area contributed by atoms with Crippen molar-refractivity contribution < 1.29 is 19.8 Å². The molecular formula is C16H14O4. The lowest BCUT2D eigenvalue weighted by Crippen LogP contribution is -2.06. The molecule has 0 radical (unpaired) electrons. The van der Waals surface area contributed by atoms with Gasteiger partial charge in [0, 0.05) is 0 Å². The van der Waals surface area contributed by atoms with Gasteiger partial charge in [0.25, 0.3) is 0 Å². The van der Waals surface area contributed by atoms with Crippen LogP contribution in [0.5, 0.6) is 0 Å². The lowest BCUT2D eigenvalue weighted by molar-refractivity contribution is 0.0684. The first-order valence-corrected chi connectivity index (χ1v) is 6.22. The molecule has 0 aliphatic carbocycles. The zero-order valence-electron chi connectivity index (χ0n) is 10.7. The highest BCUT2D eigenvalue weighted by Gasteiger charge is 2.12. The van der Waals surface area contributed by atoms with E-state index in [1.807, 2.05) is 0 Å². The van der Waals surface area contributed by atoms with Crippen molar-refractivity contribution in [3.63, 3.8) is 0 Å². The van der Waals surface area contributed by atoms with Crippen LogP contribution in [0.25, 0.3) is 0 Å². The molecule has 0 atom stereocenters. The number of carboxylic acid groups (broad SMARTS) is 2. The van der Waals surface area contributed by atoms with Gasteiger partial charge in [-0.15, -0.1) is 0 Å². The van der Waals surface area contributed by atoms with Crippen LogP contribution in [0.4, 0.5) is 0 Å². The Morgan fingerprint density at radius 3 is 1.40 bits per heavy atom. The molecule has 2 rings (SSSR count). The second-order valence-electron chi connectivity index (χ2n) is 4.42. The van der Waals surface area contributed by atoms with Crippen molar-refractivity contribution in [3.8, 4) is 0 Å². The van der Waals surface area contributed by atoms with E-state index in [0.717, 1.165) is 0 Å². The zero-order valence-corrected chi connectivity index (χ0v) is 10.7. The molecule has 0 unspecified atom stereocenters. The number of hydrogen-bond donors (Lipinski definition) is 2. The van der Waals surface area contributed by atoms with Crippen molar-refractivity contribution >= 4 is 11.9 Å². The lowest BCUT2D eigenvalue weighted by atomic mass is 9.97. The van der Waals surface area contributed by atoms with E-state index < -0.39 is 11.9 Å². The largest absolute Gasteiger partial charge is 0.478 e. The SMILES string of the molecule is O=C(O)c1ccccc1CCc1ccccc1C(=O)O. The van der Waals surface area contributed by atoms with Crippen molar-refractivity contribution in [2.45, 2.75) is 12.8 Å². The normalized spacial score (nSPS) is 10.2. The van der Waals surface area contributed by atoms with Crippen molar-refractivity contribution in [3.05, 3.63) is 70.8 Å². The molecule has 0 fully saturated rings. The third-order valence-electron chi connectivity index (χ3n) is 3.16. The summed E-state index contributed by atoms with van der Waals surface area (Å²) < 4.78 is 0. The molecule has 2 aromatic carbocycles. The molecule has 102 valence electrons. The summed E-state index contributed by atoms with van der Waals surface area (Å²) in [6.07, 6.45) is 0.986. The Bertz CT molecular complexity index is 589. The monoisotopic (exact) mass is 270 g/mol. The average molecular weight is 270 g/mol. The van der Waals surface area contributed by atoms with Crippen molar-refractivity contribution in [1.82, 2.24) is 0 Å². The predicted octanol–water partition coefficient (Wildman–Crippen LogP) is 2.87. The van der Waals surface area contributed by atoms with Gasteiger partial charge in [-0.25, -0.2) is 9.59 Å². The van der Waals surface area contributed by atoms with E-state index in [1.54, 1.807) is 48.5 Å². The van der Waals surface area contributed by atoms with Crippen LogP contribution in [0, 0.1) is 0 Å². The summed E-state index contributed by atoms with van der Waals surface area (Å²) >= 11 is 0. The molecule has 0 bridgehead atoms. The molecule has 4 heteroatoms. The molecule has 2 aromatic rings. The maximum absolute atomic E-state index is 11.1. The summed E-state index contributed by atoms with van der Waals surface area (Å²) in [5, 5.41) is 18.2. The highest BCUT2D eigenvalue weighted by molar-refractivity contribution is 5.90. The van der Waals surface area contributed by atoms with E-state index in [2.05, 4.69) is 0 Å². The number of aromatic carboxylic acids is 2. The van der Waals surface area contributed by atoms with Crippen LogP contribution in [0.2, 0.25) is 0 Å². The number of carboxylic acids is 2. The van der Waals surface area contributed by atoms with E-state index >= 15 is 0 Å². The summed E-state index contributed by atoms with van der Waals surface area (Å²) in [6.45, 7) is 0. The first-order valence-electron chi connectivity index (χ1n) is 6.22. The van der Waals surface area contributed by atoms with Crippen molar-refractivity contribution in [1.29, 1.82) is 0 Å². The molecular weight excluding hydrogens is 256 g/mol. The number of carbonyl (C=O) groups is 2. The van der Waals surface area contributed by atoms with Gasteiger partial charge in [-0.2, -0.15) is 0 Å². The summed E-state index contributed by atoms with van der Waals surface area (Å²) in [6, 6.07) is 13.5. The minimum absolute atomic E-state index is 0.264. The number of rotatable bonds is 5. The Balaban J connectivity index is 2.22. The van der Waals surface area contributed by atoms with Crippen LogP contribution >= 0.6 is 0 Å². The van der Waals surface area contributed by atoms with E-state index in [4.69, 9.17) is 10.2 Å². The average Bonchev–Trinajstić information content (AvgIpc) is 2.45. The van der Waals surface area contributed by atoms with Gasteiger partial charge in [0.15, 0.2) is 0 Å². The standard InChI is InChI=1S/C16H14O4/c17-15(18)13-7-3-1-5-11(13)9-10-12-6-2-4-8-14(12)16(19)20/h1-8H,9-10H2,(H,17,18)(H,19,20). The predicted molar refractivity (Wildman–Crippen MR) is 74.2 cm³/mol. The molecule has 20 heavy (non-hydrogen) atoms. The van der Waals surface area contributed by atoms with Crippen LogP contribution in [-0.4, -0.2) is 22.2 Å². The summed E-state index contributed by atoms with van der Waals surface area (Å²) in [4.78, 5) is 22.2. The van der Waals surface area contributed by atoms with Gasteiger partial charge >= 0.3 is 11.9 Å². The number of aryl methyl sites for hydroxylation is 2. The fourth-order valence-corrected chi connectivity index (χ4v) is 2.16. The van der Waals surface area contributed by atoms with E-state index in [9.17, 15) is 9.59 Å². The zero-order chi connectivity index (χ0) is 14.5. The summed E-state index contributed by atoms with van der Waals surface area (Å²) in [7, 11) is 0. The Kier molecular flexibility index (Phi) is 4.15. The molecule has 0 saturated carbocycles. The van der Waals surface area contributed by atoms with Crippen LogP contribution in [-0.2, 0) is 12.8 Å². The maximum Gasteiger partial charge on any atom is 0.335 e. The molecule has 0 saturated heterocycles. The molecule has 0 spiro atoms. The molecule has 2 N–H and O–H groups in total. The first-order chi connectivity index (χ1) is 9.59.